The third kappa shape index (κ3) is 3.77. The van der Waals surface area contributed by atoms with Crippen LogP contribution < -0.4 is 0 Å². The Kier molecular flexibility index (Phi) is 5.36. The molecule has 7 heteroatoms. The number of carbonyl (C=O) groups excluding carboxylic acids is 1. The van der Waals surface area contributed by atoms with Crippen molar-refractivity contribution in [3.63, 3.8) is 0 Å². The summed E-state index contributed by atoms with van der Waals surface area (Å²) in [6.45, 7) is 6.64. The molecule has 0 spiro atoms. The molecule has 0 amide bonds. The molecule has 1 unspecified atom stereocenters. The number of alkyl halides is 3. The Morgan fingerprint density at radius 2 is 1.79 bits per heavy atom. The van der Waals surface area contributed by atoms with Gasteiger partial charge in [0.1, 0.15) is 0 Å². The average Bonchev–Trinajstić information content (AvgIpc) is 3.32. The SMILES string of the molecule is CC12CC[C@@](C)(O)C[C@H]1CC[C@@H]1[C@@H]2CC[C@]2(C)[C@@H](C(=O)Cn3ccc(C(F)(F)F)n3)CC[C@@H]12. The summed E-state index contributed by atoms with van der Waals surface area (Å²) in [7, 11) is 0. The Morgan fingerprint density at radius 3 is 2.48 bits per heavy atom. The summed E-state index contributed by atoms with van der Waals surface area (Å²) in [5.74, 6) is 2.29. The first-order chi connectivity index (χ1) is 15.3. The fourth-order valence-corrected chi connectivity index (χ4v) is 8.83. The molecular formula is C26H37F3N2O2. The van der Waals surface area contributed by atoms with Crippen LogP contribution in [0.4, 0.5) is 13.2 Å². The van der Waals surface area contributed by atoms with Crippen molar-refractivity contribution in [2.45, 2.75) is 96.9 Å². The molecule has 1 aromatic rings. The van der Waals surface area contributed by atoms with Gasteiger partial charge in [-0.1, -0.05) is 13.8 Å². The number of hydrogen-bond donors (Lipinski definition) is 1. The molecule has 0 aromatic carbocycles. The lowest BCUT2D eigenvalue weighted by atomic mass is 9.44. The van der Waals surface area contributed by atoms with Crippen LogP contribution in [-0.4, -0.2) is 26.3 Å². The highest BCUT2D eigenvalue weighted by Gasteiger charge is 2.61. The van der Waals surface area contributed by atoms with Gasteiger partial charge in [-0.2, -0.15) is 18.3 Å². The molecule has 1 N–H and O–H groups in total. The summed E-state index contributed by atoms with van der Waals surface area (Å²) in [4.78, 5) is 13.3. The summed E-state index contributed by atoms with van der Waals surface area (Å²) in [6, 6.07) is 0.943. The van der Waals surface area contributed by atoms with Gasteiger partial charge in [-0.05, 0) is 105 Å². The second-order valence-corrected chi connectivity index (χ2v) is 12.4. The van der Waals surface area contributed by atoms with E-state index in [4.69, 9.17) is 0 Å². The maximum absolute atomic E-state index is 13.3. The van der Waals surface area contributed by atoms with Gasteiger partial charge in [0.25, 0.3) is 0 Å². The van der Waals surface area contributed by atoms with E-state index in [1.807, 2.05) is 6.92 Å². The van der Waals surface area contributed by atoms with E-state index in [0.29, 0.717) is 23.7 Å². The predicted molar refractivity (Wildman–Crippen MR) is 118 cm³/mol. The van der Waals surface area contributed by atoms with Crippen LogP contribution in [0.3, 0.4) is 0 Å². The molecular weight excluding hydrogens is 429 g/mol. The fraction of sp³-hybridized carbons (Fsp3) is 0.846. The molecule has 4 saturated carbocycles. The molecule has 33 heavy (non-hydrogen) atoms. The van der Waals surface area contributed by atoms with Crippen LogP contribution in [0, 0.1) is 40.4 Å². The molecule has 0 radical (unpaired) electrons. The number of fused-ring (bicyclic) bond motifs is 5. The monoisotopic (exact) mass is 466 g/mol. The standard InChI is InChI=1S/C26H37F3N2O2/c1-23(33)11-12-24(2)16(14-23)4-5-17-18-6-7-20(25(18,3)10-8-19(17)24)21(32)15-31-13-9-22(30-31)26(27,28)29/h9,13,16-20,33H,4-8,10-12,14-15H2,1-3H3/t16-,17+,18+,19+,20-,23-,24?,25+/m1/s1. The number of Topliss-reactive ketones (excluding diaryl/α,β-unsaturated/α-hetero) is 1. The van der Waals surface area contributed by atoms with E-state index in [2.05, 4.69) is 18.9 Å². The number of nitrogens with zero attached hydrogens (tertiary/aromatic N) is 2. The van der Waals surface area contributed by atoms with Gasteiger partial charge in [0.05, 0.1) is 12.1 Å². The molecule has 0 bridgehead atoms. The lowest BCUT2D eigenvalue weighted by Crippen LogP contribution is -2.55. The number of hydrogen-bond acceptors (Lipinski definition) is 3. The van der Waals surface area contributed by atoms with E-state index in [1.54, 1.807) is 0 Å². The molecule has 8 atom stereocenters. The summed E-state index contributed by atoms with van der Waals surface area (Å²) in [5.41, 5.74) is -1.27. The first kappa shape index (κ1) is 23.4. The minimum atomic E-state index is -4.49. The van der Waals surface area contributed by atoms with Gasteiger partial charge in [0.2, 0.25) is 0 Å². The van der Waals surface area contributed by atoms with Crippen molar-refractivity contribution in [3.05, 3.63) is 18.0 Å². The maximum Gasteiger partial charge on any atom is 0.435 e. The van der Waals surface area contributed by atoms with Crippen molar-refractivity contribution in [2.75, 3.05) is 0 Å². The fourth-order valence-electron chi connectivity index (χ4n) is 8.83. The van der Waals surface area contributed by atoms with Crippen LogP contribution in [0.1, 0.15) is 84.3 Å². The molecule has 4 nitrogen and oxygen atoms in total. The van der Waals surface area contributed by atoms with Gasteiger partial charge in [0.15, 0.2) is 11.5 Å². The lowest BCUT2D eigenvalue weighted by molar-refractivity contribution is -0.151. The van der Waals surface area contributed by atoms with Crippen LogP contribution in [0.5, 0.6) is 0 Å². The van der Waals surface area contributed by atoms with Gasteiger partial charge in [-0.25, -0.2) is 0 Å². The van der Waals surface area contributed by atoms with E-state index in [-0.39, 0.29) is 29.1 Å². The summed E-state index contributed by atoms with van der Waals surface area (Å²) in [5, 5.41) is 14.3. The van der Waals surface area contributed by atoms with E-state index in [0.717, 1.165) is 62.1 Å². The van der Waals surface area contributed by atoms with Gasteiger partial charge in [0, 0.05) is 12.1 Å². The maximum atomic E-state index is 13.3. The Bertz CT molecular complexity index is 925. The minimum absolute atomic E-state index is 0.0314. The van der Waals surface area contributed by atoms with Crippen molar-refractivity contribution < 1.29 is 23.1 Å². The number of aromatic nitrogens is 2. The molecule has 1 aromatic heterocycles. The van der Waals surface area contributed by atoms with Crippen LogP contribution >= 0.6 is 0 Å². The van der Waals surface area contributed by atoms with Crippen LogP contribution in [0.2, 0.25) is 0 Å². The zero-order chi connectivity index (χ0) is 23.8. The van der Waals surface area contributed by atoms with Crippen molar-refractivity contribution in [3.8, 4) is 0 Å². The molecule has 0 aliphatic heterocycles. The normalized spacial score (nSPS) is 45.2. The van der Waals surface area contributed by atoms with Gasteiger partial charge in [-0.3, -0.25) is 9.48 Å². The first-order valence-corrected chi connectivity index (χ1v) is 12.7. The van der Waals surface area contributed by atoms with E-state index in [9.17, 15) is 23.1 Å². The number of aliphatic hydroxyl groups is 1. The largest absolute Gasteiger partial charge is 0.435 e. The Morgan fingerprint density at radius 1 is 1.06 bits per heavy atom. The van der Waals surface area contributed by atoms with Gasteiger partial charge in [-0.15, -0.1) is 0 Å². The Labute approximate surface area is 194 Å². The Balaban J connectivity index is 1.31. The molecule has 1 heterocycles. The molecule has 4 fully saturated rings. The number of rotatable bonds is 3. The van der Waals surface area contributed by atoms with Gasteiger partial charge < -0.3 is 5.11 Å². The summed E-state index contributed by atoms with van der Waals surface area (Å²) < 4.78 is 39.9. The highest BCUT2D eigenvalue weighted by atomic mass is 19.4. The summed E-state index contributed by atoms with van der Waals surface area (Å²) in [6.07, 6.45) is 5.99. The van der Waals surface area contributed by atoms with E-state index >= 15 is 0 Å². The van der Waals surface area contributed by atoms with Crippen molar-refractivity contribution >= 4 is 5.78 Å². The molecule has 5 rings (SSSR count). The smallest absolute Gasteiger partial charge is 0.390 e. The van der Waals surface area contributed by atoms with E-state index in [1.165, 1.54) is 12.6 Å². The first-order valence-electron chi connectivity index (χ1n) is 12.7. The van der Waals surface area contributed by atoms with Crippen LogP contribution in [0.15, 0.2) is 12.3 Å². The predicted octanol–water partition coefficient (Wildman–Crippen LogP) is 5.88. The van der Waals surface area contributed by atoms with Crippen molar-refractivity contribution in [1.29, 1.82) is 0 Å². The van der Waals surface area contributed by atoms with Gasteiger partial charge >= 0.3 is 6.18 Å². The highest BCUT2D eigenvalue weighted by Crippen LogP contribution is 2.68. The lowest BCUT2D eigenvalue weighted by Gasteiger charge is -2.61. The molecule has 184 valence electrons. The van der Waals surface area contributed by atoms with Crippen LogP contribution in [-0.2, 0) is 17.5 Å². The van der Waals surface area contributed by atoms with Crippen LogP contribution in [0.25, 0.3) is 0 Å². The quantitative estimate of drug-likeness (QED) is 0.605. The number of carbonyl (C=O) groups is 1. The highest BCUT2D eigenvalue weighted by molar-refractivity contribution is 5.82. The number of halogens is 3. The topological polar surface area (TPSA) is 55.1 Å². The third-order valence-corrected chi connectivity index (χ3v) is 10.6. The zero-order valence-electron chi connectivity index (χ0n) is 20.0. The molecule has 4 aliphatic rings. The van der Waals surface area contributed by atoms with Crippen molar-refractivity contribution in [1.82, 2.24) is 9.78 Å². The second kappa shape index (κ2) is 7.56. The molecule has 4 aliphatic carbocycles. The second-order valence-electron chi connectivity index (χ2n) is 12.4. The minimum Gasteiger partial charge on any atom is -0.390 e. The summed E-state index contributed by atoms with van der Waals surface area (Å²) >= 11 is 0. The number of ketones is 1. The Hall–Kier alpha value is -1.37. The average molecular weight is 467 g/mol. The third-order valence-electron chi connectivity index (χ3n) is 10.6. The van der Waals surface area contributed by atoms with E-state index < -0.39 is 17.5 Å². The molecule has 0 saturated heterocycles. The van der Waals surface area contributed by atoms with Crippen molar-refractivity contribution in [2.24, 2.45) is 40.4 Å². The zero-order valence-corrected chi connectivity index (χ0v) is 20.0.